The van der Waals surface area contributed by atoms with Crippen molar-refractivity contribution < 1.29 is 14.5 Å². The highest BCUT2D eigenvalue weighted by Gasteiger charge is 2.28. The minimum absolute atomic E-state index is 0.0150. The highest BCUT2D eigenvalue weighted by molar-refractivity contribution is 5.92. The minimum atomic E-state index is -0.469. The number of para-hydroxylation sites is 1. The molecule has 152 valence electrons. The first-order valence-electron chi connectivity index (χ1n) is 9.89. The van der Waals surface area contributed by atoms with E-state index in [4.69, 9.17) is 0 Å². The average molecular weight is 397 g/mol. The van der Waals surface area contributed by atoms with Crippen LogP contribution in [0.5, 0.6) is 0 Å². The standard InChI is InChI=1S/C20H23N5O4/c26-19(13-15-5-1-2-7-18(15)25(28)29)22-9-11-23(12-10-22)20(27)17-14-16-6-3-4-8-24(16)21-17/h1-2,5,7,14H,3-4,6,8-13H2. The van der Waals surface area contributed by atoms with Gasteiger partial charge < -0.3 is 9.80 Å². The van der Waals surface area contributed by atoms with E-state index in [2.05, 4.69) is 5.10 Å². The lowest BCUT2D eigenvalue weighted by Gasteiger charge is -2.34. The van der Waals surface area contributed by atoms with Crippen molar-refractivity contribution in [1.82, 2.24) is 19.6 Å². The Kier molecular flexibility index (Phi) is 5.28. The van der Waals surface area contributed by atoms with Gasteiger partial charge in [0.1, 0.15) is 0 Å². The molecule has 2 aliphatic heterocycles. The van der Waals surface area contributed by atoms with Crippen molar-refractivity contribution in [1.29, 1.82) is 0 Å². The van der Waals surface area contributed by atoms with E-state index in [1.54, 1.807) is 28.0 Å². The van der Waals surface area contributed by atoms with Gasteiger partial charge >= 0.3 is 0 Å². The van der Waals surface area contributed by atoms with E-state index in [1.165, 1.54) is 6.07 Å². The number of nitro benzene ring substituents is 1. The van der Waals surface area contributed by atoms with Gasteiger partial charge in [-0.25, -0.2) is 0 Å². The molecule has 9 heteroatoms. The largest absolute Gasteiger partial charge is 0.339 e. The summed E-state index contributed by atoms with van der Waals surface area (Å²) in [6, 6.07) is 8.18. The first-order chi connectivity index (χ1) is 14.0. The number of aromatic nitrogens is 2. The van der Waals surface area contributed by atoms with E-state index in [9.17, 15) is 19.7 Å². The van der Waals surface area contributed by atoms with Crippen molar-refractivity contribution in [3.63, 3.8) is 0 Å². The molecule has 2 aliphatic rings. The number of fused-ring (bicyclic) bond motifs is 1. The molecule has 0 aliphatic carbocycles. The van der Waals surface area contributed by atoms with Gasteiger partial charge in [0.15, 0.2) is 5.69 Å². The molecule has 0 unspecified atom stereocenters. The van der Waals surface area contributed by atoms with Crippen LogP contribution in [0, 0.1) is 10.1 Å². The van der Waals surface area contributed by atoms with Crippen LogP contribution in [0.2, 0.25) is 0 Å². The lowest BCUT2D eigenvalue weighted by atomic mass is 10.1. The Morgan fingerprint density at radius 2 is 1.76 bits per heavy atom. The molecule has 2 aromatic rings. The number of benzene rings is 1. The van der Waals surface area contributed by atoms with Crippen LogP contribution in [-0.2, 0) is 24.2 Å². The van der Waals surface area contributed by atoms with E-state index in [1.807, 2.05) is 10.7 Å². The molecular weight excluding hydrogens is 374 g/mol. The summed E-state index contributed by atoms with van der Waals surface area (Å²) >= 11 is 0. The summed E-state index contributed by atoms with van der Waals surface area (Å²) in [5, 5.41) is 15.6. The van der Waals surface area contributed by atoms with Gasteiger partial charge in [-0.2, -0.15) is 5.10 Å². The number of rotatable bonds is 4. The van der Waals surface area contributed by atoms with Crippen molar-refractivity contribution in [3.05, 3.63) is 57.4 Å². The van der Waals surface area contributed by atoms with Crippen LogP contribution in [0.25, 0.3) is 0 Å². The highest BCUT2D eigenvalue weighted by atomic mass is 16.6. The molecule has 0 radical (unpaired) electrons. The highest BCUT2D eigenvalue weighted by Crippen LogP contribution is 2.20. The molecule has 1 aromatic carbocycles. The molecule has 9 nitrogen and oxygen atoms in total. The topological polar surface area (TPSA) is 102 Å². The van der Waals surface area contributed by atoms with E-state index in [0.29, 0.717) is 37.4 Å². The van der Waals surface area contributed by atoms with Crippen LogP contribution in [0.3, 0.4) is 0 Å². The maximum Gasteiger partial charge on any atom is 0.274 e. The average Bonchev–Trinajstić information content (AvgIpc) is 3.18. The van der Waals surface area contributed by atoms with Gasteiger partial charge in [-0.15, -0.1) is 0 Å². The molecule has 0 saturated carbocycles. The predicted molar refractivity (Wildman–Crippen MR) is 104 cm³/mol. The van der Waals surface area contributed by atoms with Gasteiger partial charge in [0, 0.05) is 50.0 Å². The zero-order valence-electron chi connectivity index (χ0n) is 16.1. The molecule has 4 rings (SSSR count). The number of hydrogen-bond acceptors (Lipinski definition) is 5. The Labute approximate surface area is 168 Å². The van der Waals surface area contributed by atoms with E-state index >= 15 is 0 Å². The Morgan fingerprint density at radius 1 is 1.03 bits per heavy atom. The third-order valence-electron chi connectivity index (χ3n) is 5.58. The second-order valence-electron chi connectivity index (χ2n) is 7.44. The van der Waals surface area contributed by atoms with Crippen LogP contribution >= 0.6 is 0 Å². The number of piperazine rings is 1. The molecule has 3 heterocycles. The molecule has 1 fully saturated rings. The number of carbonyl (C=O) groups is 2. The van der Waals surface area contributed by atoms with Crippen LogP contribution in [0.15, 0.2) is 30.3 Å². The lowest BCUT2D eigenvalue weighted by molar-refractivity contribution is -0.385. The quantitative estimate of drug-likeness (QED) is 0.577. The summed E-state index contributed by atoms with van der Waals surface area (Å²) in [4.78, 5) is 39.4. The SMILES string of the molecule is O=C(Cc1ccccc1[N+](=O)[O-])N1CCN(C(=O)c2cc3n(n2)CCCC3)CC1. The van der Waals surface area contributed by atoms with Crippen LogP contribution in [0.1, 0.15) is 34.6 Å². The Bertz CT molecular complexity index is 923. The van der Waals surface area contributed by atoms with Gasteiger partial charge in [0.25, 0.3) is 11.6 Å². The third kappa shape index (κ3) is 3.98. The fourth-order valence-corrected chi connectivity index (χ4v) is 3.96. The Morgan fingerprint density at radius 3 is 2.48 bits per heavy atom. The lowest BCUT2D eigenvalue weighted by Crippen LogP contribution is -2.51. The maximum absolute atomic E-state index is 12.8. The summed E-state index contributed by atoms with van der Waals surface area (Å²) in [5.74, 6) is -0.262. The summed E-state index contributed by atoms with van der Waals surface area (Å²) in [7, 11) is 0. The van der Waals surface area contributed by atoms with Crippen LogP contribution < -0.4 is 0 Å². The third-order valence-corrected chi connectivity index (χ3v) is 5.58. The summed E-state index contributed by atoms with van der Waals surface area (Å²) < 4.78 is 1.92. The molecule has 0 spiro atoms. The summed E-state index contributed by atoms with van der Waals surface area (Å²) in [5.41, 5.74) is 1.95. The fourth-order valence-electron chi connectivity index (χ4n) is 3.96. The van der Waals surface area contributed by atoms with E-state index in [0.717, 1.165) is 31.5 Å². The molecule has 1 saturated heterocycles. The number of carbonyl (C=O) groups excluding carboxylic acids is 2. The number of amides is 2. The van der Waals surface area contributed by atoms with Gasteiger partial charge in [-0.1, -0.05) is 18.2 Å². The number of aryl methyl sites for hydroxylation is 2. The van der Waals surface area contributed by atoms with Crippen LogP contribution in [-0.4, -0.2) is 62.5 Å². The van der Waals surface area contributed by atoms with Gasteiger partial charge in [0.05, 0.1) is 11.3 Å². The summed E-state index contributed by atoms with van der Waals surface area (Å²) in [6.45, 7) is 2.56. The van der Waals surface area contributed by atoms with E-state index < -0.39 is 4.92 Å². The minimum Gasteiger partial charge on any atom is -0.339 e. The number of nitro groups is 1. The predicted octanol–water partition coefficient (Wildman–Crippen LogP) is 1.65. The Hall–Kier alpha value is -3.23. The molecule has 0 N–H and O–H groups in total. The molecular formula is C20H23N5O4. The zero-order chi connectivity index (χ0) is 20.4. The van der Waals surface area contributed by atoms with Crippen molar-refractivity contribution >= 4 is 17.5 Å². The molecule has 0 atom stereocenters. The van der Waals surface area contributed by atoms with Crippen molar-refractivity contribution in [2.45, 2.75) is 32.2 Å². The van der Waals surface area contributed by atoms with Gasteiger partial charge in [-0.05, 0) is 25.3 Å². The maximum atomic E-state index is 12.8. The first kappa shape index (κ1) is 19.1. The molecule has 2 amide bonds. The number of nitrogens with zero attached hydrogens (tertiary/aromatic N) is 5. The van der Waals surface area contributed by atoms with Gasteiger partial charge in [-0.3, -0.25) is 24.4 Å². The normalized spacial score (nSPS) is 16.4. The fraction of sp³-hybridized carbons (Fsp3) is 0.450. The van der Waals surface area contributed by atoms with Crippen LogP contribution in [0.4, 0.5) is 5.69 Å². The molecule has 1 aromatic heterocycles. The second kappa shape index (κ2) is 8.02. The molecule has 0 bridgehead atoms. The summed E-state index contributed by atoms with van der Waals surface area (Å²) in [6.07, 6.45) is 3.15. The number of hydrogen-bond donors (Lipinski definition) is 0. The zero-order valence-corrected chi connectivity index (χ0v) is 16.1. The first-order valence-corrected chi connectivity index (χ1v) is 9.89. The van der Waals surface area contributed by atoms with Crippen molar-refractivity contribution in [2.75, 3.05) is 26.2 Å². The van der Waals surface area contributed by atoms with Crippen molar-refractivity contribution in [2.24, 2.45) is 0 Å². The Balaban J connectivity index is 1.35. The monoisotopic (exact) mass is 397 g/mol. The molecule has 29 heavy (non-hydrogen) atoms. The van der Waals surface area contributed by atoms with E-state index in [-0.39, 0.29) is 23.9 Å². The van der Waals surface area contributed by atoms with Crippen molar-refractivity contribution in [3.8, 4) is 0 Å². The smallest absolute Gasteiger partial charge is 0.274 e. The van der Waals surface area contributed by atoms with Gasteiger partial charge in [0.2, 0.25) is 5.91 Å². The second-order valence-corrected chi connectivity index (χ2v) is 7.44.